The summed E-state index contributed by atoms with van der Waals surface area (Å²) in [6.07, 6.45) is 0.842. The molecule has 0 bridgehead atoms. The van der Waals surface area contributed by atoms with E-state index in [1.807, 2.05) is 18.2 Å². The molecule has 0 aliphatic heterocycles. The van der Waals surface area contributed by atoms with Crippen molar-refractivity contribution in [2.45, 2.75) is 33.2 Å². The summed E-state index contributed by atoms with van der Waals surface area (Å²) < 4.78 is 5.45. The minimum atomic E-state index is 0.0289. The van der Waals surface area contributed by atoms with Gasteiger partial charge in [-0.05, 0) is 49.9 Å². The van der Waals surface area contributed by atoms with E-state index in [1.165, 1.54) is 22.3 Å². The SMILES string of the molecule is COc1ccccc1C(Cc1c(C)cc(C)cc1C)NN. The van der Waals surface area contributed by atoms with Crippen molar-refractivity contribution < 1.29 is 4.74 Å². The molecule has 112 valence electrons. The van der Waals surface area contributed by atoms with Gasteiger partial charge in [0.05, 0.1) is 13.2 Å². The van der Waals surface area contributed by atoms with Crippen LogP contribution in [-0.2, 0) is 6.42 Å². The first-order valence-electron chi connectivity index (χ1n) is 7.22. The van der Waals surface area contributed by atoms with Crippen molar-refractivity contribution in [2.75, 3.05) is 7.11 Å². The fourth-order valence-electron chi connectivity index (χ4n) is 2.95. The summed E-state index contributed by atoms with van der Waals surface area (Å²) in [5, 5.41) is 0. The van der Waals surface area contributed by atoms with Crippen molar-refractivity contribution in [3.05, 3.63) is 64.2 Å². The monoisotopic (exact) mass is 284 g/mol. The van der Waals surface area contributed by atoms with Crippen LogP contribution in [0.25, 0.3) is 0 Å². The van der Waals surface area contributed by atoms with Gasteiger partial charge in [-0.3, -0.25) is 11.3 Å². The highest BCUT2D eigenvalue weighted by atomic mass is 16.5. The maximum absolute atomic E-state index is 5.80. The van der Waals surface area contributed by atoms with Crippen LogP contribution in [0.15, 0.2) is 36.4 Å². The van der Waals surface area contributed by atoms with Gasteiger partial charge >= 0.3 is 0 Å². The Kier molecular flexibility index (Phi) is 4.99. The molecule has 0 aliphatic rings. The number of benzene rings is 2. The molecule has 0 radical (unpaired) electrons. The third kappa shape index (κ3) is 3.43. The van der Waals surface area contributed by atoms with E-state index in [9.17, 15) is 0 Å². The van der Waals surface area contributed by atoms with Crippen molar-refractivity contribution >= 4 is 0 Å². The Morgan fingerprint density at radius 2 is 1.71 bits per heavy atom. The van der Waals surface area contributed by atoms with E-state index in [0.29, 0.717) is 0 Å². The van der Waals surface area contributed by atoms with E-state index in [1.54, 1.807) is 7.11 Å². The lowest BCUT2D eigenvalue weighted by atomic mass is 9.91. The van der Waals surface area contributed by atoms with Gasteiger partial charge in [0, 0.05) is 5.56 Å². The molecular weight excluding hydrogens is 260 g/mol. The van der Waals surface area contributed by atoms with Gasteiger partial charge in [0.2, 0.25) is 0 Å². The summed E-state index contributed by atoms with van der Waals surface area (Å²) in [5.74, 6) is 6.66. The maximum Gasteiger partial charge on any atom is 0.123 e. The smallest absolute Gasteiger partial charge is 0.123 e. The molecule has 2 aromatic rings. The largest absolute Gasteiger partial charge is 0.496 e. The van der Waals surface area contributed by atoms with Crippen LogP contribution in [0.5, 0.6) is 5.75 Å². The maximum atomic E-state index is 5.80. The van der Waals surface area contributed by atoms with Crippen LogP contribution >= 0.6 is 0 Å². The molecule has 1 atom stereocenters. The van der Waals surface area contributed by atoms with Crippen molar-refractivity contribution in [2.24, 2.45) is 5.84 Å². The number of hydrazine groups is 1. The van der Waals surface area contributed by atoms with Gasteiger partial charge in [-0.15, -0.1) is 0 Å². The Bertz CT molecular complexity index is 599. The fraction of sp³-hybridized carbons (Fsp3) is 0.333. The minimum Gasteiger partial charge on any atom is -0.496 e. The topological polar surface area (TPSA) is 47.3 Å². The standard InChI is InChI=1S/C18H24N2O/c1-12-9-13(2)16(14(3)10-12)11-17(20-19)15-7-5-6-8-18(15)21-4/h5-10,17,20H,11,19H2,1-4H3. The Labute approximate surface area is 127 Å². The summed E-state index contributed by atoms with van der Waals surface area (Å²) in [7, 11) is 1.69. The highest BCUT2D eigenvalue weighted by Gasteiger charge is 2.17. The average molecular weight is 284 g/mol. The predicted octanol–water partition coefficient (Wildman–Crippen LogP) is 3.37. The second kappa shape index (κ2) is 6.74. The third-order valence-corrected chi connectivity index (χ3v) is 3.96. The summed E-state index contributed by atoms with van der Waals surface area (Å²) >= 11 is 0. The normalized spacial score (nSPS) is 12.2. The number of aryl methyl sites for hydroxylation is 3. The molecule has 0 heterocycles. The summed E-state index contributed by atoms with van der Waals surface area (Å²) in [4.78, 5) is 0. The zero-order chi connectivity index (χ0) is 15.4. The number of nitrogens with one attached hydrogen (secondary N) is 1. The van der Waals surface area contributed by atoms with Gasteiger partial charge < -0.3 is 4.74 Å². The number of hydrogen-bond acceptors (Lipinski definition) is 3. The zero-order valence-electron chi connectivity index (χ0n) is 13.2. The minimum absolute atomic E-state index is 0.0289. The molecule has 0 saturated heterocycles. The lowest BCUT2D eigenvalue weighted by Gasteiger charge is -2.21. The van der Waals surface area contributed by atoms with Crippen molar-refractivity contribution in [1.82, 2.24) is 5.43 Å². The van der Waals surface area contributed by atoms with Crippen LogP contribution in [0.2, 0.25) is 0 Å². The Hall–Kier alpha value is -1.84. The highest BCUT2D eigenvalue weighted by molar-refractivity contribution is 5.41. The van der Waals surface area contributed by atoms with Crippen LogP contribution < -0.4 is 16.0 Å². The molecule has 0 spiro atoms. The zero-order valence-corrected chi connectivity index (χ0v) is 13.2. The molecular formula is C18H24N2O. The van der Waals surface area contributed by atoms with Gasteiger partial charge in [0.1, 0.15) is 5.75 Å². The summed E-state index contributed by atoms with van der Waals surface area (Å²) in [6.45, 7) is 6.44. The van der Waals surface area contributed by atoms with E-state index >= 15 is 0 Å². The molecule has 0 fully saturated rings. The first-order chi connectivity index (χ1) is 10.1. The molecule has 0 aromatic heterocycles. The molecule has 0 saturated carbocycles. The van der Waals surface area contributed by atoms with Gasteiger partial charge in [0.25, 0.3) is 0 Å². The number of methoxy groups -OCH3 is 1. The van der Waals surface area contributed by atoms with E-state index in [2.05, 4.69) is 44.4 Å². The molecule has 1 unspecified atom stereocenters. The number of ether oxygens (including phenoxy) is 1. The molecule has 0 amide bonds. The molecule has 0 aliphatic carbocycles. The lowest BCUT2D eigenvalue weighted by molar-refractivity contribution is 0.399. The number of rotatable bonds is 5. The Balaban J connectivity index is 2.36. The molecule has 2 aromatic carbocycles. The number of hydrogen-bond donors (Lipinski definition) is 2. The molecule has 3 nitrogen and oxygen atoms in total. The summed E-state index contributed by atoms with van der Waals surface area (Å²) in [5.41, 5.74) is 9.27. The second-order valence-corrected chi connectivity index (χ2v) is 5.54. The van der Waals surface area contributed by atoms with Gasteiger partial charge in [-0.2, -0.15) is 0 Å². The van der Waals surface area contributed by atoms with Crippen LogP contribution in [0.4, 0.5) is 0 Å². The average Bonchev–Trinajstić information content (AvgIpc) is 2.46. The van der Waals surface area contributed by atoms with Crippen LogP contribution in [0.3, 0.4) is 0 Å². The van der Waals surface area contributed by atoms with E-state index in [4.69, 9.17) is 10.6 Å². The van der Waals surface area contributed by atoms with Crippen LogP contribution in [0, 0.1) is 20.8 Å². The summed E-state index contributed by atoms with van der Waals surface area (Å²) in [6, 6.07) is 12.5. The molecule has 3 heteroatoms. The van der Waals surface area contributed by atoms with Crippen LogP contribution in [-0.4, -0.2) is 7.11 Å². The van der Waals surface area contributed by atoms with Gasteiger partial charge in [-0.25, -0.2) is 0 Å². The highest BCUT2D eigenvalue weighted by Crippen LogP contribution is 2.29. The van der Waals surface area contributed by atoms with Crippen molar-refractivity contribution in [3.8, 4) is 5.75 Å². The number of nitrogens with two attached hydrogens (primary N) is 1. The van der Waals surface area contributed by atoms with E-state index in [0.717, 1.165) is 17.7 Å². The second-order valence-electron chi connectivity index (χ2n) is 5.54. The molecule has 21 heavy (non-hydrogen) atoms. The first kappa shape index (κ1) is 15.5. The van der Waals surface area contributed by atoms with Crippen LogP contribution in [0.1, 0.15) is 33.9 Å². The fourth-order valence-corrected chi connectivity index (χ4v) is 2.95. The first-order valence-corrected chi connectivity index (χ1v) is 7.22. The van der Waals surface area contributed by atoms with Gasteiger partial charge in [0.15, 0.2) is 0 Å². The lowest BCUT2D eigenvalue weighted by Crippen LogP contribution is -2.30. The third-order valence-electron chi connectivity index (χ3n) is 3.96. The van der Waals surface area contributed by atoms with E-state index < -0.39 is 0 Å². The predicted molar refractivity (Wildman–Crippen MR) is 87.4 cm³/mol. The quantitative estimate of drug-likeness (QED) is 0.653. The van der Waals surface area contributed by atoms with Gasteiger partial charge in [-0.1, -0.05) is 35.9 Å². The Morgan fingerprint density at radius 1 is 1.10 bits per heavy atom. The molecule has 2 rings (SSSR count). The van der Waals surface area contributed by atoms with Crippen molar-refractivity contribution in [3.63, 3.8) is 0 Å². The van der Waals surface area contributed by atoms with Crippen molar-refractivity contribution in [1.29, 1.82) is 0 Å². The van der Waals surface area contributed by atoms with E-state index in [-0.39, 0.29) is 6.04 Å². The molecule has 3 N–H and O–H groups in total. The Morgan fingerprint density at radius 3 is 2.29 bits per heavy atom. The number of para-hydroxylation sites is 1.